The second-order valence-corrected chi connectivity index (χ2v) is 5.36. The molecule has 0 saturated carbocycles. The van der Waals surface area contributed by atoms with E-state index < -0.39 is 0 Å². The quantitative estimate of drug-likeness (QED) is 0.691. The van der Waals surface area contributed by atoms with Crippen molar-refractivity contribution in [2.45, 2.75) is 6.92 Å². The van der Waals surface area contributed by atoms with Crippen molar-refractivity contribution in [3.63, 3.8) is 0 Å². The van der Waals surface area contributed by atoms with Gasteiger partial charge in [0.25, 0.3) is 0 Å². The van der Waals surface area contributed by atoms with Gasteiger partial charge in [-0.3, -0.25) is 0 Å². The van der Waals surface area contributed by atoms with E-state index in [1.807, 2.05) is 25.1 Å². The van der Waals surface area contributed by atoms with E-state index in [9.17, 15) is 0 Å². The van der Waals surface area contributed by atoms with Crippen LogP contribution in [0.5, 0.6) is 0 Å². The van der Waals surface area contributed by atoms with Gasteiger partial charge >= 0.3 is 0 Å². The zero-order chi connectivity index (χ0) is 11.7. The van der Waals surface area contributed by atoms with Crippen LogP contribution >= 0.6 is 43.5 Å². The first kappa shape index (κ1) is 12.0. The molecule has 16 heavy (non-hydrogen) atoms. The van der Waals surface area contributed by atoms with Crippen molar-refractivity contribution in [2.24, 2.45) is 0 Å². The standard InChI is InChI=1S/C11H7Br2ClN2/c1-6-4-7(2-3-8(6)12)11-15-5-9(13)10(14)16-11/h2-5H,1H3. The molecule has 1 aromatic heterocycles. The lowest BCUT2D eigenvalue weighted by Gasteiger charge is -2.04. The molecule has 82 valence electrons. The fourth-order valence-corrected chi connectivity index (χ4v) is 1.84. The first-order valence-corrected chi connectivity index (χ1v) is 6.49. The Kier molecular flexibility index (Phi) is 3.62. The normalized spacial score (nSPS) is 10.5. The second kappa shape index (κ2) is 4.82. The Balaban J connectivity index is 2.50. The highest BCUT2D eigenvalue weighted by Crippen LogP contribution is 2.25. The molecule has 0 amide bonds. The molecule has 5 heteroatoms. The van der Waals surface area contributed by atoms with Crippen LogP contribution in [-0.4, -0.2) is 9.97 Å². The van der Waals surface area contributed by atoms with Crippen LogP contribution < -0.4 is 0 Å². The second-order valence-electron chi connectivity index (χ2n) is 3.30. The van der Waals surface area contributed by atoms with E-state index in [1.54, 1.807) is 6.20 Å². The Bertz CT molecular complexity index is 494. The summed E-state index contributed by atoms with van der Waals surface area (Å²) in [6.45, 7) is 2.02. The van der Waals surface area contributed by atoms with Gasteiger partial charge in [-0.05, 0) is 40.5 Å². The molecule has 0 unspecified atom stereocenters. The van der Waals surface area contributed by atoms with Crippen LogP contribution in [0.15, 0.2) is 33.3 Å². The highest BCUT2D eigenvalue weighted by Gasteiger charge is 2.06. The molecule has 2 nitrogen and oxygen atoms in total. The van der Waals surface area contributed by atoms with Crippen LogP contribution in [0.4, 0.5) is 0 Å². The van der Waals surface area contributed by atoms with E-state index in [4.69, 9.17) is 11.6 Å². The third-order valence-electron chi connectivity index (χ3n) is 2.12. The molecule has 2 rings (SSSR count). The lowest BCUT2D eigenvalue weighted by atomic mass is 10.1. The molecule has 2 aromatic rings. The van der Waals surface area contributed by atoms with Gasteiger partial charge in [0, 0.05) is 16.2 Å². The number of aryl methyl sites for hydroxylation is 1. The lowest BCUT2D eigenvalue weighted by Crippen LogP contribution is -1.90. The average molecular weight is 362 g/mol. The molecule has 1 aromatic carbocycles. The highest BCUT2D eigenvalue weighted by atomic mass is 79.9. The summed E-state index contributed by atoms with van der Waals surface area (Å²) in [5.41, 5.74) is 2.09. The summed E-state index contributed by atoms with van der Waals surface area (Å²) in [5, 5.41) is 0.422. The first-order chi connectivity index (χ1) is 7.58. The van der Waals surface area contributed by atoms with E-state index >= 15 is 0 Å². The van der Waals surface area contributed by atoms with Crippen LogP contribution in [0.2, 0.25) is 5.15 Å². The summed E-state index contributed by atoms with van der Waals surface area (Å²) >= 11 is 12.6. The molecular weight excluding hydrogens is 355 g/mol. The molecule has 0 fully saturated rings. The molecule has 0 bridgehead atoms. The number of hydrogen-bond donors (Lipinski definition) is 0. The maximum atomic E-state index is 5.93. The summed E-state index contributed by atoms with van der Waals surface area (Å²) in [6, 6.07) is 5.95. The smallest absolute Gasteiger partial charge is 0.160 e. The van der Waals surface area contributed by atoms with Gasteiger partial charge in [0.15, 0.2) is 5.82 Å². The van der Waals surface area contributed by atoms with Crippen molar-refractivity contribution >= 4 is 43.5 Å². The Hall–Kier alpha value is -0.450. The van der Waals surface area contributed by atoms with Crippen molar-refractivity contribution in [2.75, 3.05) is 0 Å². The zero-order valence-corrected chi connectivity index (χ0v) is 12.3. The maximum absolute atomic E-state index is 5.93. The minimum absolute atomic E-state index is 0.422. The summed E-state index contributed by atoms with van der Waals surface area (Å²) in [7, 11) is 0. The monoisotopic (exact) mass is 360 g/mol. The number of hydrogen-bond acceptors (Lipinski definition) is 2. The zero-order valence-electron chi connectivity index (χ0n) is 8.34. The van der Waals surface area contributed by atoms with Crippen LogP contribution in [0, 0.1) is 6.92 Å². The molecule has 0 aliphatic rings. The van der Waals surface area contributed by atoms with Crippen LogP contribution in [0.3, 0.4) is 0 Å². The van der Waals surface area contributed by atoms with Crippen LogP contribution in [0.1, 0.15) is 5.56 Å². The molecule has 0 radical (unpaired) electrons. The largest absolute Gasteiger partial charge is 0.235 e. The molecule has 0 aliphatic carbocycles. The Morgan fingerprint density at radius 3 is 2.56 bits per heavy atom. The van der Waals surface area contributed by atoms with Crippen molar-refractivity contribution < 1.29 is 0 Å². The molecule has 0 saturated heterocycles. The number of nitrogens with zero attached hydrogens (tertiary/aromatic N) is 2. The van der Waals surface area contributed by atoms with Crippen molar-refractivity contribution in [3.8, 4) is 11.4 Å². The minimum atomic E-state index is 0.422. The van der Waals surface area contributed by atoms with Crippen LogP contribution in [0.25, 0.3) is 11.4 Å². The SMILES string of the molecule is Cc1cc(-c2ncc(Br)c(Cl)n2)ccc1Br. The third-order valence-corrected chi connectivity index (χ3v) is 4.10. The predicted molar refractivity (Wildman–Crippen MR) is 72.6 cm³/mol. The molecular formula is C11H7Br2ClN2. The molecule has 1 heterocycles. The fourth-order valence-electron chi connectivity index (χ4n) is 1.27. The minimum Gasteiger partial charge on any atom is -0.235 e. The van der Waals surface area contributed by atoms with Gasteiger partial charge in [0.1, 0.15) is 5.15 Å². The Morgan fingerprint density at radius 2 is 1.94 bits per heavy atom. The molecule has 0 N–H and O–H groups in total. The van der Waals surface area contributed by atoms with Gasteiger partial charge in [-0.25, -0.2) is 9.97 Å². The summed E-state index contributed by atoms with van der Waals surface area (Å²) < 4.78 is 1.77. The summed E-state index contributed by atoms with van der Waals surface area (Å²) in [4.78, 5) is 8.43. The van der Waals surface area contributed by atoms with Gasteiger partial charge in [-0.15, -0.1) is 0 Å². The van der Waals surface area contributed by atoms with Crippen molar-refractivity contribution in [1.29, 1.82) is 0 Å². The van der Waals surface area contributed by atoms with E-state index in [0.29, 0.717) is 15.5 Å². The van der Waals surface area contributed by atoms with Crippen molar-refractivity contribution in [1.82, 2.24) is 9.97 Å². The number of rotatable bonds is 1. The van der Waals surface area contributed by atoms with E-state index in [0.717, 1.165) is 15.6 Å². The maximum Gasteiger partial charge on any atom is 0.160 e. The van der Waals surface area contributed by atoms with Crippen LogP contribution in [-0.2, 0) is 0 Å². The highest BCUT2D eigenvalue weighted by molar-refractivity contribution is 9.10. The number of benzene rings is 1. The van der Waals surface area contributed by atoms with Gasteiger partial charge in [-0.1, -0.05) is 33.6 Å². The predicted octanol–water partition coefficient (Wildman–Crippen LogP) is 4.63. The van der Waals surface area contributed by atoms with Gasteiger partial charge < -0.3 is 0 Å². The number of aromatic nitrogens is 2. The molecule has 0 aliphatic heterocycles. The summed E-state index contributed by atoms with van der Waals surface area (Å²) in [6.07, 6.45) is 1.65. The van der Waals surface area contributed by atoms with E-state index in [2.05, 4.69) is 41.8 Å². The van der Waals surface area contributed by atoms with Gasteiger partial charge in [0.05, 0.1) is 4.47 Å². The van der Waals surface area contributed by atoms with E-state index in [-0.39, 0.29) is 0 Å². The summed E-state index contributed by atoms with van der Waals surface area (Å²) in [5.74, 6) is 0.629. The topological polar surface area (TPSA) is 25.8 Å². The Labute approximate surface area is 115 Å². The van der Waals surface area contributed by atoms with Crippen molar-refractivity contribution in [3.05, 3.63) is 44.1 Å². The average Bonchev–Trinajstić information content (AvgIpc) is 2.26. The lowest BCUT2D eigenvalue weighted by molar-refractivity contribution is 1.16. The Morgan fingerprint density at radius 1 is 1.19 bits per heavy atom. The fraction of sp³-hybridized carbons (Fsp3) is 0.0909. The van der Waals surface area contributed by atoms with E-state index in [1.165, 1.54) is 0 Å². The number of halogens is 3. The van der Waals surface area contributed by atoms with Gasteiger partial charge in [-0.2, -0.15) is 0 Å². The first-order valence-electron chi connectivity index (χ1n) is 4.52. The molecule has 0 spiro atoms. The third kappa shape index (κ3) is 2.44. The molecule has 0 atom stereocenters. The van der Waals surface area contributed by atoms with Gasteiger partial charge in [0.2, 0.25) is 0 Å².